The lowest BCUT2D eigenvalue weighted by molar-refractivity contribution is 0.881. The summed E-state index contributed by atoms with van der Waals surface area (Å²) in [5.74, 6) is 0.690. The molecule has 0 amide bonds. The molecule has 2 rings (SSSR count). The highest BCUT2D eigenvalue weighted by molar-refractivity contribution is 5.54. The van der Waals surface area contributed by atoms with Gasteiger partial charge in [-0.05, 0) is 29.3 Å². The Morgan fingerprint density at radius 2 is 2.00 bits per heavy atom. The third kappa shape index (κ3) is 1.56. The number of aromatic amines is 1. The molecule has 0 atom stereocenters. The highest BCUT2D eigenvalue weighted by Gasteiger charge is 1.99. The molecule has 1 aromatic carbocycles. The van der Waals surface area contributed by atoms with Crippen molar-refractivity contribution in [3.8, 4) is 11.4 Å². The highest BCUT2D eigenvalue weighted by Crippen LogP contribution is 2.13. The van der Waals surface area contributed by atoms with Crippen molar-refractivity contribution in [1.82, 2.24) is 20.6 Å². The van der Waals surface area contributed by atoms with Crippen LogP contribution in [0.2, 0.25) is 0 Å². The van der Waals surface area contributed by atoms with Gasteiger partial charge in [0.25, 0.3) is 0 Å². The van der Waals surface area contributed by atoms with E-state index in [9.17, 15) is 0 Å². The molecule has 0 spiro atoms. The van der Waals surface area contributed by atoms with E-state index in [4.69, 9.17) is 0 Å². The Morgan fingerprint density at radius 1 is 1.23 bits per heavy atom. The first-order valence-corrected chi connectivity index (χ1v) is 4.02. The zero-order valence-corrected chi connectivity index (χ0v) is 7.07. The van der Waals surface area contributed by atoms with Crippen LogP contribution in [0.25, 0.3) is 11.4 Å². The molecule has 0 saturated carbocycles. The molecule has 4 heteroatoms. The number of H-pyrrole nitrogens is 1. The zero-order chi connectivity index (χ0) is 9.10. The Balaban J connectivity index is 2.33. The molecule has 0 bridgehead atoms. The van der Waals surface area contributed by atoms with E-state index < -0.39 is 0 Å². The lowest BCUT2D eigenvalue weighted by Gasteiger charge is -1.97. The molecule has 0 fully saturated rings. The number of benzene rings is 1. The number of hydrogen-bond acceptors (Lipinski definition) is 3. The van der Waals surface area contributed by atoms with E-state index in [0.29, 0.717) is 5.82 Å². The maximum absolute atomic E-state index is 3.81. The number of tetrazole rings is 1. The lowest BCUT2D eigenvalue weighted by atomic mass is 10.1. The number of nitrogens with one attached hydrogen (secondary N) is 1. The maximum Gasteiger partial charge on any atom is 0.179 e. The molecular weight excluding hydrogens is 164 g/mol. The summed E-state index contributed by atoms with van der Waals surface area (Å²) in [6, 6.07) is 7.99. The average Bonchev–Trinajstić information content (AvgIpc) is 2.71. The van der Waals surface area contributed by atoms with Crippen LogP contribution in [0.1, 0.15) is 5.56 Å². The summed E-state index contributed by atoms with van der Waals surface area (Å²) in [4.78, 5) is 0. The minimum Gasteiger partial charge on any atom is -0.239 e. The summed E-state index contributed by atoms with van der Waals surface area (Å²) in [7, 11) is 0. The van der Waals surface area contributed by atoms with Crippen molar-refractivity contribution in [1.29, 1.82) is 0 Å². The van der Waals surface area contributed by atoms with Gasteiger partial charge < -0.3 is 0 Å². The van der Waals surface area contributed by atoms with Gasteiger partial charge in [0, 0.05) is 5.56 Å². The zero-order valence-electron chi connectivity index (χ0n) is 7.07. The molecule has 4 nitrogen and oxygen atoms in total. The summed E-state index contributed by atoms with van der Waals surface area (Å²) < 4.78 is 0. The first-order chi connectivity index (χ1) is 6.40. The second kappa shape index (κ2) is 3.35. The number of hydrogen-bond donors (Lipinski definition) is 1. The summed E-state index contributed by atoms with van der Waals surface area (Å²) >= 11 is 0. The SMILES string of the molecule is [CH2]Cc1ccc(-c2nnn[nH]2)cc1. The van der Waals surface area contributed by atoms with Crippen LogP contribution in [0.3, 0.4) is 0 Å². The number of rotatable bonds is 2. The Kier molecular flexibility index (Phi) is 2.04. The van der Waals surface area contributed by atoms with Gasteiger partial charge in [-0.2, -0.15) is 0 Å². The maximum atomic E-state index is 3.81. The Hall–Kier alpha value is -1.71. The third-order valence-electron chi connectivity index (χ3n) is 1.86. The second-order valence-electron chi connectivity index (χ2n) is 2.70. The van der Waals surface area contributed by atoms with Crippen LogP contribution in [0.5, 0.6) is 0 Å². The van der Waals surface area contributed by atoms with Gasteiger partial charge in [-0.25, -0.2) is 5.10 Å². The molecule has 0 unspecified atom stereocenters. The van der Waals surface area contributed by atoms with Crippen LogP contribution in [0.15, 0.2) is 24.3 Å². The molecule has 0 saturated heterocycles. The molecule has 65 valence electrons. The van der Waals surface area contributed by atoms with Crippen molar-refractivity contribution in [2.24, 2.45) is 0 Å². The summed E-state index contributed by atoms with van der Waals surface area (Å²) in [6.07, 6.45) is 0.801. The van der Waals surface area contributed by atoms with E-state index in [1.54, 1.807) is 0 Å². The van der Waals surface area contributed by atoms with Gasteiger partial charge in [-0.15, -0.1) is 5.10 Å². The molecule has 1 aromatic heterocycles. The van der Waals surface area contributed by atoms with Crippen molar-refractivity contribution in [2.45, 2.75) is 6.42 Å². The average molecular weight is 173 g/mol. The van der Waals surface area contributed by atoms with E-state index in [1.807, 2.05) is 24.3 Å². The molecule has 2 aromatic rings. The smallest absolute Gasteiger partial charge is 0.179 e. The van der Waals surface area contributed by atoms with Crippen molar-refractivity contribution < 1.29 is 0 Å². The first kappa shape index (κ1) is 7.91. The van der Waals surface area contributed by atoms with Crippen LogP contribution in [0, 0.1) is 6.92 Å². The molecular formula is C9H9N4. The fraction of sp³-hybridized carbons (Fsp3) is 0.111. The highest BCUT2D eigenvalue weighted by atomic mass is 15.5. The summed E-state index contributed by atoms with van der Waals surface area (Å²) in [5.41, 5.74) is 2.19. The predicted octanol–water partition coefficient (Wildman–Crippen LogP) is 1.24. The van der Waals surface area contributed by atoms with E-state index in [1.165, 1.54) is 5.56 Å². The standard InChI is InChI=1S/C9H9N4/c1-2-7-3-5-8(6-4-7)9-10-12-13-11-9/h3-6H,1-2H2,(H,10,11,12,13). The van der Waals surface area contributed by atoms with Crippen molar-refractivity contribution in [2.75, 3.05) is 0 Å². The van der Waals surface area contributed by atoms with Gasteiger partial charge in [-0.3, -0.25) is 0 Å². The van der Waals surface area contributed by atoms with Gasteiger partial charge in [0.2, 0.25) is 0 Å². The van der Waals surface area contributed by atoms with Crippen LogP contribution in [-0.4, -0.2) is 20.6 Å². The second-order valence-corrected chi connectivity index (χ2v) is 2.70. The van der Waals surface area contributed by atoms with Crippen molar-refractivity contribution in [3.63, 3.8) is 0 Å². The van der Waals surface area contributed by atoms with Gasteiger partial charge in [0.1, 0.15) is 0 Å². The van der Waals surface area contributed by atoms with Crippen LogP contribution in [-0.2, 0) is 6.42 Å². The first-order valence-electron chi connectivity index (χ1n) is 4.02. The van der Waals surface area contributed by atoms with E-state index in [2.05, 4.69) is 27.5 Å². The Labute approximate surface area is 76.0 Å². The number of nitrogens with zero attached hydrogens (tertiary/aromatic N) is 3. The van der Waals surface area contributed by atoms with Crippen molar-refractivity contribution in [3.05, 3.63) is 36.8 Å². The summed E-state index contributed by atoms with van der Waals surface area (Å²) in [5, 5.41) is 13.5. The molecule has 0 aliphatic carbocycles. The predicted molar refractivity (Wildman–Crippen MR) is 48.7 cm³/mol. The molecule has 1 radical (unpaired) electrons. The molecule has 1 heterocycles. The van der Waals surface area contributed by atoms with Crippen molar-refractivity contribution >= 4 is 0 Å². The van der Waals surface area contributed by atoms with Gasteiger partial charge >= 0.3 is 0 Å². The monoisotopic (exact) mass is 173 g/mol. The number of aromatic nitrogens is 4. The quantitative estimate of drug-likeness (QED) is 0.743. The summed E-state index contributed by atoms with van der Waals surface area (Å²) in [6.45, 7) is 3.80. The van der Waals surface area contributed by atoms with Gasteiger partial charge in [0.15, 0.2) is 5.82 Å². The van der Waals surface area contributed by atoms with E-state index in [-0.39, 0.29) is 0 Å². The van der Waals surface area contributed by atoms with Crippen LogP contribution in [0.4, 0.5) is 0 Å². The van der Waals surface area contributed by atoms with Gasteiger partial charge in [-0.1, -0.05) is 24.3 Å². The normalized spacial score (nSPS) is 10.2. The lowest BCUT2D eigenvalue weighted by Crippen LogP contribution is -1.83. The topological polar surface area (TPSA) is 54.5 Å². The van der Waals surface area contributed by atoms with Crippen LogP contribution < -0.4 is 0 Å². The van der Waals surface area contributed by atoms with Gasteiger partial charge in [0.05, 0.1) is 0 Å². The Morgan fingerprint density at radius 3 is 2.54 bits per heavy atom. The van der Waals surface area contributed by atoms with Crippen LogP contribution >= 0.6 is 0 Å². The van der Waals surface area contributed by atoms with E-state index >= 15 is 0 Å². The molecule has 13 heavy (non-hydrogen) atoms. The third-order valence-corrected chi connectivity index (χ3v) is 1.86. The van der Waals surface area contributed by atoms with E-state index in [0.717, 1.165) is 12.0 Å². The molecule has 1 N–H and O–H groups in total. The molecule has 0 aliphatic rings. The fourth-order valence-electron chi connectivity index (χ4n) is 1.11. The largest absolute Gasteiger partial charge is 0.239 e. The minimum atomic E-state index is 0.690. The molecule has 0 aliphatic heterocycles. The Bertz CT molecular complexity index is 363. The fourth-order valence-corrected chi connectivity index (χ4v) is 1.11. The minimum absolute atomic E-state index is 0.690.